The van der Waals surface area contributed by atoms with Crippen LogP contribution < -0.4 is 20.5 Å². The number of para-hydroxylation sites is 1. The minimum absolute atomic E-state index is 0.180. The van der Waals surface area contributed by atoms with Crippen molar-refractivity contribution in [3.8, 4) is 11.5 Å². The van der Waals surface area contributed by atoms with Gasteiger partial charge in [0.1, 0.15) is 18.1 Å². The van der Waals surface area contributed by atoms with Gasteiger partial charge in [0.2, 0.25) is 0 Å². The average molecular weight is 376 g/mol. The Balaban J connectivity index is 1.71. The maximum atomic E-state index is 12.4. The van der Waals surface area contributed by atoms with Gasteiger partial charge >= 0.3 is 0 Å². The van der Waals surface area contributed by atoms with Crippen molar-refractivity contribution in [2.75, 3.05) is 12.4 Å². The van der Waals surface area contributed by atoms with Crippen LogP contribution in [-0.2, 0) is 6.61 Å². The molecule has 3 rings (SSSR count). The zero-order chi connectivity index (χ0) is 19.9. The Bertz CT molecular complexity index is 987. The molecule has 0 saturated carbocycles. The Morgan fingerprint density at radius 2 is 1.75 bits per heavy atom. The van der Waals surface area contributed by atoms with Crippen molar-refractivity contribution in [1.29, 1.82) is 0 Å². The molecule has 0 unspecified atom stereocenters. The second-order valence-electron chi connectivity index (χ2n) is 6.04. The lowest BCUT2D eigenvalue weighted by atomic mass is 10.1. The summed E-state index contributed by atoms with van der Waals surface area (Å²) < 4.78 is 10.9. The molecule has 6 nitrogen and oxygen atoms in total. The molecule has 6 heteroatoms. The number of hydrogen-bond donors (Lipinski definition) is 2. The smallest absolute Gasteiger partial charge is 0.255 e. The third-order valence-electron chi connectivity index (χ3n) is 4.07. The predicted octanol–water partition coefficient (Wildman–Crippen LogP) is 3.63. The maximum Gasteiger partial charge on any atom is 0.255 e. The summed E-state index contributed by atoms with van der Waals surface area (Å²) in [5.74, 6) is 0.0494. The molecule has 3 aromatic rings. The SMILES string of the molecule is COc1ccc(OCc2cccc(C(=O)Nc3ccccc3)c2)c(C(N)=O)c1. The molecule has 0 spiro atoms. The molecule has 0 aromatic heterocycles. The molecule has 3 aromatic carbocycles. The number of benzene rings is 3. The number of rotatable bonds is 7. The number of methoxy groups -OCH3 is 1. The van der Waals surface area contributed by atoms with E-state index in [1.54, 1.807) is 30.3 Å². The van der Waals surface area contributed by atoms with Crippen molar-refractivity contribution in [2.45, 2.75) is 6.61 Å². The zero-order valence-electron chi connectivity index (χ0n) is 15.3. The number of amides is 2. The molecule has 0 radical (unpaired) electrons. The molecule has 0 atom stereocenters. The largest absolute Gasteiger partial charge is 0.497 e. The van der Waals surface area contributed by atoms with Crippen LogP contribution in [0.5, 0.6) is 11.5 Å². The van der Waals surface area contributed by atoms with Crippen LogP contribution in [0, 0.1) is 0 Å². The molecule has 0 heterocycles. The summed E-state index contributed by atoms with van der Waals surface area (Å²) in [4.78, 5) is 24.1. The first-order chi connectivity index (χ1) is 13.6. The molecule has 0 bridgehead atoms. The number of primary amides is 1. The highest BCUT2D eigenvalue weighted by Crippen LogP contribution is 2.25. The monoisotopic (exact) mass is 376 g/mol. The lowest BCUT2D eigenvalue weighted by Crippen LogP contribution is -2.14. The summed E-state index contributed by atoms with van der Waals surface area (Å²) in [5, 5.41) is 2.84. The summed E-state index contributed by atoms with van der Waals surface area (Å²) >= 11 is 0. The zero-order valence-corrected chi connectivity index (χ0v) is 15.3. The fourth-order valence-corrected chi connectivity index (χ4v) is 2.64. The lowest BCUT2D eigenvalue weighted by Gasteiger charge is -2.12. The van der Waals surface area contributed by atoms with Gasteiger partial charge in [0.25, 0.3) is 11.8 Å². The van der Waals surface area contributed by atoms with Gasteiger partial charge in [0, 0.05) is 11.3 Å². The maximum absolute atomic E-state index is 12.4. The fourth-order valence-electron chi connectivity index (χ4n) is 2.64. The van der Waals surface area contributed by atoms with Gasteiger partial charge < -0.3 is 20.5 Å². The van der Waals surface area contributed by atoms with E-state index in [2.05, 4.69) is 5.32 Å². The van der Waals surface area contributed by atoms with Crippen LogP contribution in [0.4, 0.5) is 5.69 Å². The number of nitrogens with one attached hydrogen (secondary N) is 1. The van der Waals surface area contributed by atoms with Crippen molar-refractivity contribution in [2.24, 2.45) is 5.73 Å². The van der Waals surface area contributed by atoms with E-state index < -0.39 is 5.91 Å². The quantitative estimate of drug-likeness (QED) is 0.659. The van der Waals surface area contributed by atoms with E-state index in [1.807, 2.05) is 36.4 Å². The van der Waals surface area contributed by atoms with Crippen LogP contribution >= 0.6 is 0 Å². The fraction of sp³-hybridized carbons (Fsp3) is 0.0909. The number of anilines is 1. The molecule has 0 fully saturated rings. The standard InChI is InChI=1S/C22H20N2O4/c1-27-18-10-11-20(19(13-18)21(23)25)28-14-15-6-5-7-16(12-15)22(26)24-17-8-3-2-4-9-17/h2-13H,14H2,1H3,(H2,23,25)(H,24,26). The second-order valence-corrected chi connectivity index (χ2v) is 6.04. The molecular weight excluding hydrogens is 356 g/mol. The Labute approximate surface area is 162 Å². The minimum Gasteiger partial charge on any atom is -0.497 e. The third-order valence-corrected chi connectivity index (χ3v) is 4.07. The van der Waals surface area contributed by atoms with Crippen LogP contribution in [0.3, 0.4) is 0 Å². The second kappa shape index (κ2) is 8.73. The predicted molar refractivity (Wildman–Crippen MR) is 107 cm³/mol. The highest BCUT2D eigenvalue weighted by atomic mass is 16.5. The first-order valence-corrected chi connectivity index (χ1v) is 8.63. The molecular formula is C22H20N2O4. The molecule has 0 aliphatic carbocycles. The van der Waals surface area contributed by atoms with Crippen LogP contribution in [0.1, 0.15) is 26.3 Å². The summed E-state index contributed by atoms with van der Waals surface area (Å²) in [6, 6.07) is 21.2. The van der Waals surface area contributed by atoms with Gasteiger partial charge in [-0.1, -0.05) is 30.3 Å². The highest BCUT2D eigenvalue weighted by Gasteiger charge is 2.12. The van der Waals surface area contributed by atoms with E-state index in [-0.39, 0.29) is 18.1 Å². The third kappa shape index (κ3) is 4.67. The van der Waals surface area contributed by atoms with Gasteiger partial charge in [-0.25, -0.2) is 0 Å². The summed E-state index contributed by atoms with van der Waals surface area (Å²) in [6.45, 7) is 0.180. The number of hydrogen-bond acceptors (Lipinski definition) is 4. The van der Waals surface area contributed by atoms with Crippen molar-refractivity contribution in [3.05, 3.63) is 89.5 Å². The van der Waals surface area contributed by atoms with Gasteiger partial charge in [0.05, 0.1) is 12.7 Å². The molecule has 2 amide bonds. The molecule has 3 N–H and O–H groups in total. The summed E-state index contributed by atoms with van der Waals surface area (Å²) in [6.07, 6.45) is 0. The van der Waals surface area contributed by atoms with Gasteiger partial charge in [-0.3, -0.25) is 9.59 Å². The van der Waals surface area contributed by atoms with E-state index in [0.717, 1.165) is 11.3 Å². The van der Waals surface area contributed by atoms with Crippen molar-refractivity contribution in [3.63, 3.8) is 0 Å². The highest BCUT2D eigenvalue weighted by molar-refractivity contribution is 6.04. The van der Waals surface area contributed by atoms with E-state index in [1.165, 1.54) is 13.2 Å². The van der Waals surface area contributed by atoms with Crippen LogP contribution in [0.2, 0.25) is 0 Å². The van der Waals surface area contributed by atoms with E-state index in [4.69, 9.17) is 15.2 Å². The Morgan fingerprint density at radius 3 is 2.46 bits per heavy atom. The average Bonchev–Trinajstić information content (AvgIpc) is 2.73. The Morgan fingerprint density at radius 1 is 0.964 bits per heavy atom. The Hall–Kier alpha value is -3.80. The van der Waals surface area contributed by atoms with E-state index in [0.29, 0.717) is 17.1 Å². The van der Waals surface area contributed by atoms with E-state index >= 15 is 0 Å². The topological polar surface area (TPSA) is 90.7 Å². The normalized spacial score (nSPS) is 10.2. The van der Waals surface area contributed by atoms with Crippen LogP contribution in [0.15, 0.2) is 72.8 Å². The molecule has 0 saturated heterocycles. The van der Waals surface area contributed by atoms with Gasteiger partial charge in [-0.2, -0.15) is 0 Å². The van der Waals surface area contributed by atoms with Crippen LogP contribution in [-0.4, -0.2) is 18.9 Å². The van der Waals surface area contributed by atoms with Gasteiger partial charge in [0.15, 0.2) is 0 Å². The first-order valence-electron chi connectivity index (χ1n) is 8.63. The van der Waals surface area contributed by atoms with E-state index in [9.17, 15) is 9.59 Å². The summed E-state index contributed by atoms with van der Waals surface area (Å²) in [5.41, 5.74) is 7.66. The van der Waals surface area contributed by atoms with Crippen LogP contribution in [0.25, 0.3) is 0 Å². The Kier molecular flexibility index (Phi) is 5.91. The lowest BCUT2D eigenvalue weighted by molar-refractivity contribution is 0.0993. The number of nitrogens with two attached hydrogens (primary N) is 1. The number of carbonyl (C=O) groups is 2. The molecule has 28 heavy (non-hydrogen) atoms. The molecule has 142 valence electrons. The molecule has 0 aliphatic rings. The van der Waals surface area contributed by atoms with Gasteiger partial charge in [-0.15, -0.1) is 0 Å². The number of carbonyl (C=O) groups excluding carboxylic acids is 2. The van der Waals surface area contributed by atoms with Crippen molar-refractivity contribution in [1.82, 2.24) is 0 Å². The molecule has 0 aliphatic heterocycles. The van der Waals surface area contributed by atoms with Crippen molar-refractivity contribution < 1.29 is 19.1 Å². The van der Waals surface area contributed by atoms with Gasteiger partial charge in [-0.05, 0) is 48.0 Å². The van der Waals surface area contributed by atoms with Crippen molar-refractivity contribution >= 4 is 17.5 Å². The first kappa shape index (κ1) is 19.0. The minimum atomic E-state index is -0.607. The summed E-state index contributed by atoms with van der Waals surface area (Å²) in [7, 11) is 1.51. The number of ether oxygens (including phenoxy) is 2.